The number of hydrogen-bond acceptors (Lipinski definition) is 5. The molecule has 0 saturated heterocycles. The highest BCUT2D eigenvalue weighted by molar-refractivity contribution is 5.88. The Balaban J connectivity index is 2.05. The number of aromatic hydroxyl groups is 1. The highest BCUT2D eigenvalue weighted by atomic mass is 16.6. The normalized spacial score (nSPS) is 13.9. The van der Waals surface area contributed by atoms with Gasteiger partial charge in [-0.25, -0.2) is 4.79 Å². The second kappa shape index (κ2) is 6.08. The predicted molar refractivity (Wildman–Crippen MR) is 77.0 cm³/mol. The van der Waals surface area contributed by atoms with Crippen LogP contribution < -0.4 is 5.32 Å². The van der Waals surface area contributed by atoms with E-state index < -0.39 is 22.4 Å². The number of Topliss-reactive ketones (excluding diaryl/α,β-unsaturated/α-hetero) is 1. The lowest BCUT2D eigenvalue weighted by Crippen LogP contribution is -2.41. The number of urea groups is 1. The lowest BCUT2D eigenvalue weighted by Gasteiger charge is -2.22. The molecule has 0 spiro atoms. The van der Waals surface area contributed by atoms with Crippen LogP contribution in [0.2, 0.25) is 0 Å². The fraction of sp³-hybridized carbons (Fsp3) is 0.143. The van der Waals surface area contributed by atoms with Crippen molar-refractivity contribution in [2.24, 2.45) is 0 Å². The number of allylic oxidation sites excluding steroid dienone is 1. The zero-order valence-electron chi connectivity index (χ0n) is 11.5. The highest BCUT2D eigenvalue weighted by Gasteiger charge is 2.20. The molecule has 2 amide bonds. The summed E-state index contributed by atoms with van der Waals surface area (Å²) < 4.78 is 0. The van der Waals surface area contributed by atoms with Gasteiger partial charge in [-0.15, -0.1) is 0 Å². The number of ketones is 1. The zero-order chi connectivity index (χ0) is 16.3. The predicted octanol–water partition coefficient (Wildman–Crippen LogP) is 1.46. The van der Waals surface area contributed by atoms with E-state index in [1.807, 2.05) is 0 Å². The number of rotatable bonds is 5. The maximum Gasteiger partial charge on any atom is 0.326 e. The van der Waals surface area contributed by atoms with Gasteiger partial charge in [0.2, 0.25) is 0 Å². The molecule has 0 aliphatic carbocycles. The Labute approximate surface area is 125 Å². The summed E-state index contributed by atoms with van der Waals surface area (Å²) in [5.74, 6) is -0.759. The first-order valence-electron chi connectivity index (χ1n) is 6.29. The molecule has 0 fully saturated rings. The molecule has 1 aliphatic heterocycles. The van der Waals surface area contributed by atoms with E-state index in [9.17, 15) is 24.8 Å². The first-order chi connectivity index (χ1) is 10.4. The number of nitrogens with one attached hydrogen (secondary N) is 1. The van der Waals surface area contributed by atoms with E-state index in [1.54, 1.807) is 6.08 Å². The molecule has 0 saturated carbocycles. The number of nitro benzene ring substituents is 1. The Morgan fingerprint density at radius 3 is 2.82 bits per heavy atom. The van der Waals surface area contributed by atoms with Crippen LogP contribution in [-0.2, 0) is 11.2 Å². The van der Waals surface area contributed by atoms with Gasteiger partial charge < -0.3 is 10.4 Å². The fourth-order valence-corrected chi connectivity index (χ4v) is 1.92. The summed E-state index contributed by atoms with van der Waals surface area (Å²) in [4.78, 5) is 34.8. The SMILES string of the molecule is C=C1C=CN(CC(=O)Cc2ccc(O)c([N+](=O)[O-])c2)C(=O)N1. The van der Waals surface area contributed by atoms with Gasteiger partial charge in [0.15, 0.2) is 11.5 Å². The molecule has 0 radical (unpaired) electrons. The maximum absolute atomic E-state index is 12.0. The van der Waals surface area contributed by atoms with Crippen LogP contribution in [0.3, 0.4) is 0 Å². The summed E-state index contributed by atoms with van der Waals surface area (Å²) in [5.41, 5.74) is 0.361. The van der Waals surface area contributed by atoms with E-state index in [0.717, 1.165) is 12.1 Å². The molecule has 1 heterocycles. The van der Waals surface area contributed by atoms with Crippen LogP contribution in [0.25, 0.3) is 0 Å². The zero-order valence-corrected chi connectivity index (χ0v) is 11.5. The molecule has 0 aromatic heterocycles. The Hall–Kier alpha value is -3.16. The van der Waals surface area contributed by atoms with E-state index in [2.05, 4.69) is 11.9 Å². The van der Waals surface area contributed by atoms with Gasteiger partial charge in [0.05, 0.1) is 11.5 Å². The van der Waals surface area contributed by atoms with Crippen molar-refractivity contribution < 1.29 is 19.6 Å². The number of nitrogens with zero attached hydrogens (tertiary/aromatic N) is 2. The van der Waals surface area contributed by atoms with Crippen LogP contribution in [0.5, 0.6) is 5.75 Å². The van der Waals surface area contributed by atoms with Gasteiger partial charge in [0.1, 0.15) is 0 Å². The average molecular weight is 303 g/mol. The van der Waals surface area contributed by atoms with Gasteiger partial charge in [-0.2, -0.15) is 0 Å². The third kappa shape index (κ3) is 3.48. The standard InChI is InChI=1S/C14H13N3O5/c1-9-4-5-16(14(20)15-9)8-11(18)6-10-2-3-13(19)12(7-10)17(21)22/h2-5,7,19H,1,6,8H2,(H,15,20). The Bertz CT molecular complexity index is 696. The highest BCUT2D eigenvalue weighted by Crippen LogP contribution is 2.26. The lowest BCUT2D eigenvalue weighted by molar-refractivity contribution is -0.385. The van der Waals surface area contributed by atoms with Gasteiger partial charge in [0.25, 0.3) is 0 Å². The molecule has 1 aromatic carbocycles. The number of phenolic OH excluding ortho intramolecular Hbond substituents is 1. The van der Waals surface area contributed by atoms with Gasteiger partial charge in [0, 0.05) is 24.4 Å². The molecule has 8 heteroatoms. The second-order valence-electron chi connectivity index (χ2n) is 4.69. The van der Waals surface area contributed by atoms with Gasteiger partial charge >= 0.3 is 11.7 Å². The van der Waals surface area contributed by atoms with E-state index in [4.69, 9.17) is 0 Å². The van der Waals surface area contributed by atoms with Crippen molar-refractivity contribution in [2.75, 3.05) is 6.54 Å². The fourth-order valence-electron chi connectivity index (χ4n) is 1.92. The number of phenols is 1. The Kier molecular flexibility index (Phi) is 4.21. The van der Waals surface area contributed by atoms with Crippen molar-refractivity contribution in [3.05, 3.63) is 58.4 Å². The van der Waals surface area contributed by atoms with Crippen LogP contribution in [0.4, 0.5) is 10.5 Å². The number of carbonyl (C=O) groups excluding carboxylic acids is 2. The summed E-state index contributed by atoms with van der Waals surface area (Å²) >= 11 is 0. The van der Waals surface area contributed by atoms with Crippen LogP contribution in [-0.4, -0.2) is 33.3 Å². The van der Waals surface area contributed by atoms with Crippen LogP contribution in [0, 0.1) is 10.1 Å². The molecule has 1 aliphatic rings. The number of benzene rings is 1. The van der Waals surface area contributed by atoms with Crippen molar-refractivity contribution >= 4 is 17.5 Å². The van der Waals surface area contributed by atoms with E-state index in [0.29, 0.717) is 11.3 Å². The second-order valence-corrected chi connectivity index (χ2v) is 4.69. The molecule has 0 bridgehead atoms. The van der Waals surface area contributed by atoms with Gasteiger partial charge in [-0.05, 0) is 17.7 Å². The molecule has 22 heavy (non-hydrogen) atoms. The van der Waals surface area contributed by atoms with Crippen molar-refractivity contribution in [3.63, 3.8) is 0 Å². The summed E-state index contributed by atoms with van der Waals surface area (Å²) in [5, 5.41) is 22.5. The molecule has 2 rings (SSSR count). The molecule has 8 nitrogen and oxygen atoms in total. The summed E-state index contributed by atoms with van der Waals surface area (Å²) in [6.45, 7) is 3.40. The van der Waals surface area contributed by atoms with Crippen LogP contribution in [0.1, 0.15) is 5.56 Å². The quantitative estimate of drug-likeness (QED) is 0.631. The molecule has 0 unspecified atom stereocenters. The largest absolute Gasteiger partial charge is 0.502 e. The van der Waals surface area contributed by atoms with E-state index in [1.165, 1.54) is 17.2 Å². The lowest BCUT2D eigenvalue weighted by atomic mass is 10.1. The minimum Gasteiger partial charge on any atom is -0.502 e. The Morgan fingerprint density at radius 2 is 2.18 bits per heavy atom. The van der Waals surface area contributed by atoms with Crippen molar-refractivity contribution in [1.82, 2.24) is 10.2 Å². The van der Waals surface area contributed by atoms with Gasteiger partial charge in [-0.3, -0.25) is 19.8 Å². The summed E-state index contributed by atoms with van der Waals surface area (Å²) in [6.07, 6.45) is 2.91. The van der Waals surface area contributed by atoms with Gasteiger partial charge in [-0.1, -0.05) is 12.6 Å². The van der Waals surface area contributed by atoms with E-state index >= 15 is 0 Å². The van der Waals surface area contributed by atoms with Crippen molar-refractivity contribution in [3.8, 4) is 5.75 Å². The first-order valence-corrected chi connectivity index (χ1v) is 6.29. The number of hydrogen-bond donors (Lipinski definition) is 2. The van der Waals surface area contributed by atoms with E-state index in [-0.39, 0.29) is 18.7 Å². The average Bonchev–Trinajstić information content (AvgIpc) is 2.44. The maximum atomic E-state index is 12.0. The minimum absolute atomic E-state index is 0.0836. The number of nitro groups is 1. The van der Waals surface area contributed by atoms with Crippen molar-refractivity contribution in [1.29, 1.82) is 0 Å². The molecule has 114 valence electrons. The third-order valence-corrected chi connectivity index (χ3v) is 2.97. The topological polar surface area (TPSA) is 113 Å². The monoisotopic (exact) mass is 303 g/mol. The Morgan fingerprint density at radius 1 is 1.45 bits per heavy atom. The summed E-state index contributed by atoms with van der Waals surface area (Å²) in [6, 6.07) is 3.27. The molecule has 2 N–H and O–H groups in total. The molecule has 0 atom stereocenters. The van der Waals surface area contributed by atoms with Crippen LogP contribution >= 0.6 is 0 Å². The minimum atomic E-state index is -0.726. The third-order valence-electron chi connectivity index (χ3n) is 2.97. The summed E-state index contributed by atoms with van der Waals surface area (Å²) in [7, 11) is 0. The number of amides is 2. The number of carbonyl (C=O) groups is 2. The molecular formula is C14H13N3O5. The van der Waals surface area contributed by atoms with Crippen molar-refractivity contribution in [2.45, 2.75) is 6.42 Å². The smallest absolute Gasteiger partial charge is 0.326 e. The van der Waals surface area contributed by atoms with Crippen LogP contribution in [0.15, 0.2) is 42.8 Å². The molecule has 1 aromatic rings. The molecular weight excluding hydrogens is 290 g/mol. The first kappa shape index (κ1) is 15.2.